The van der Waals surface area contributed by atoms with Crippen LogP contribution in [0, 0.1) is 5.41 Å². The summed E-state index contributed by atoms with van der Waals surface area (Å²) >= 11 is 2.13. The zero-order valence-corrected chi connectivity index (χ0v) is 8.99. The fraction of sp³-hybridized carbons (Fsp3) is 1.00. The third-order valence-corrected chi connectivity index (χ3v) is 4.17. The Labute approximate surface area is 79.9 Å². The van der Waals surface area contributed by atoms with Gasteiger partial charge in [-0.25, -0.2) is 0 Å². The van der Waals surface area contributed by atoms with Crippen molar-refractivity contribution < 1.29 is 0 Å². The highest BCUT2D eigenvalue weighted by molar-refractivity contribution is 7.99. The summed E-state index contributed by atoms with van der Waals surface area (Å²) in [6.07, 6.45) is 2.93. The standard InChI is InChI=1S/C10H19NS/c1-9-7-11(5-6-12-9)8-10(2)3-4-10/h9H,3-8H2,1-2H3. The molecule has 1 heterocycles. The molecule has 1 saturated heterocycles. The van der Waals surface area contributed by atoms with E-state index in [4.69, 9.17) is 0 Å². The van der Waals surface area contributed by atoms with Crippen LogP contribution >= 0.6 is 11.8 Å². The summed E-state index contributed by atoms with van der Waals surface area (Å²) in [5, 5.41) is 0.862. The maximum atomic E-state index is 2.66. The van der Waals surface area contributed by atoms with Gasteiger partial charge < -0.3 is 4.90 Å². The summed E-state index contributed by atoms with van der Waals surface area (Å²) in [7, 11) is 0. The Balaban J connectivity index is 1.79. The Morgan fingerprint density at radius 3 is 2.83 bits per heavy atom. The highest BCUT2D eigenvalue weighted by Gasteiger charge is 2.39. The average molecular weight is 185 g/mol. The third-order valence-electron chi connectivity index (χ3n) is 3.03. The molecule has 0 spiro atoms. The fourth-order valence-corrected chi connectivity index (χ4v) is 3.03. The summed E-state index contributed by atoms with van der Waals surface area (Å²) in [5.41, 5.74) is 0.710. The monoisotopic (exact) mass is 185 g/mol. The highest BCUT2D eigenvalue weighted by atomic mass is 32.2. The summed E-state index contributed by atoms with van der Waals surface area (Å²) < 4.78 is 0. The third kappa shape index (κ3) is 2.17. The lowest BCUT2D eigenvalue weighted by Gasteiger charge is -2.32. The summed E-state index contributed by atoms with van der Waals surface area (Å²) in [6, 6.07) is 0. The summed E-state index contributed by atoms with van der Waals surface area (Å²) in [6.45, 7) is 8.79. The fourth-order valence-electron chi connectivity index (χ4n) is 1.95. The van der Waals surface area contributed by atoms with Crippen LogP contribution in [-0.2, 0) is 0 Å². The predicted octanol–water partition coefficient (Wildman–Crippen LogP) is 2.22. The van der Waals surface area contributed by atoms with Crippen molar-refractivity contribution in [3.8, 4) is 0 Å². The van der Waals surface area contributed by atoms with Gasteiger partial charge in [-0.1, -0.05) is 13.8 Å². The zero-order valence-electron chi connectivity index (χ0n) is 8.18. The molecule has 2 heteroatoms. The van der Waals surface area contributed by atoms with Crippen LogP contribution in [0.4, 0.5) is 0 Å². The molecule has 2 rings (SSSR count). The Bertz CT molecular complexity index is 165. The van der Waals surface area contributed by atoms with Crippen molar-refractivity contribution in [3.05, 3.63) is 0 Å². The normalized spacial score (nSPS) is 35.0. The quantitative estimate of drug-likeness (QED) is 0.649. The lowest BCUT2D eigenvalue weighted by Crippen LogP contribution is -2.39. The second kappa shape index (κ2) is 3.22. The van der Waals surface area contributed by atoms with E-state index < -0.39 is 0 Å². The molecule has 1 unspecified atom stereocenters. The van der Waals surface area contributed by atoms with Crippen LogP contribution in [0.2, 0.25) is 0 Å². The van der Waals surface area contributed by atoms with E-state index in [0.29, 0.717) is 5.41 Å². The Morgan fingerprint density at radius 2 is 2.25 bits per heavy atom. The number of nitrogens with zero attached hydrogens (tertiary/aromatic N) is 1. The van der Waals surface area contributed by atoms with Crippen LogP contribution in [0.3, 0.4) is 0 Å². The van der Waals surface area contributed by atoms with Crippen LogP contribution in [-0.4, -0.2) is 35.5 Å². The number of rotatable bonds is 2. The Morgan fingerprint density at radius 1 is 1.50 bits per heavy atom. The summed E-state index contributed by atoms with van der Waals surface area (Å²) in [5.74, 6) is 1.34. The maximum absolute atomic E-state index is 2.66. The van der Waals surface area contributed by atoms with E-state index in [1.54, 1.807) is 0 Å². The molecule has 1 aliphatic carbocycles. The van der Waals surface area contributed by atoms with Crippen molar-refractivity contribution in [2.45, 2.75) is 31.9 Å². The molecule has 70 valence electrons. The van der Waals surface area contributed by atoms with Crippen LogP contribution in [0.1, 0.15) is 26.7 Å². The zero-order chi connectivity index (χ0) is 8.60. The van der Waals surface area contributed by atoms with E-state index >= 15 is 0 Å². The van der Waals surface area contributed by atoms with Crippen molar-refractivity contribution in [1.82, 2.24) is 4.90 Å². The van der Waals surface area contributed by atoms with Gasteiger partial charge in [-0.15, -0.1) is 0 Å². The first-order valence-corrected chi connectivity index (χ1v) is 6.07. The first kappa shape index (κ1) is 8.89. The van der Waals surface area contributed by atoms with Gasteiger partial charge in [-0.05, 0) is 18.3 Å². The second-order valence-electron chi connectivity index (χ2n) is 4.73. The van der Waals surface area contributed by atoms with Crippen molar-refractivity contribution >= 4 is 11.8 Å². The molecule has 0 aromatic rings. The minimum atomic E-state index is 0.710. The minimum absolute atomic E-state index is 0.710. The van der Waals surface area contributed by atoms with Crippen molar-refractivity contribution in [2.75, 3.05) is 25.4 Å². The van der Waals surface area contributed by atoms with Crippen LogP contribution in [0.5, 0.6) is 0 Å². The molecule has 1 atom stereocenters. The highest BCUT2D eigenvalue weighted by Crippen LogP contribution is 2.45. The Kier molecular flexibility index (Phi) is 2.39. The van der Waals surface area contributed by atoms with Crippen molar-refractivity contribution in [2.24, 2.45) is 5.41 Å². The first-order valence-electron chi connectivity index (χ1n) is 5.02. The topological polar surface area (TPSA) is 3.24 Å². The molecule has 1 saturated carbocycles. The van der Waals surface area contributed by atoms with Crippen molar-refractivity contribution in [1.29, 1.82) is 0 Å². The minimum Gasteiger partial charge on any atom is -0.301 e. The van der Waals surface area contributed by atoms with E-state index in [0.717, 1.165) is 5.25 Å². The lowest BCUT2D eigenvalue weighted by molar-refractivity contribution is 0.237. The Hall–Kier alpha value is 0.310. The molecular weight excluding hydrogens is 166 g/mol. The van der Waals surface area contributed by atoms with E-state index in [1.807, 2.05) is 0 Å². The molecule has 2 aliphatic rings. The van der Waals surface area contributed by atoms with E-state index in [2.05, 4.69) is 30.5 Å². The smallest absolute Gasteiger partial charge is 0.0147 e. The van der Waals surface area contributed by atoms with E-state index in [-0.39, 0.29) is 0 Å². The number of thioether (sulfide) groups is 1. The van der Waals surface area contributed by atoms with Gasteiger partial charge in [0, 0.05) is 30.6 Å². The molecule has 0 N–H and O–H groups in total. The molecule has 0 aromatic heterocycles. The van der Waals surface area contributed by atoms with Crippen molar-refractivity contribution in [3.63, 3.8) is 0 Å². The van der Waals surface area contributed by atoms with Crippen LogP contribution in [0.15, 0.2) is 0 Å². The van der Waals surface area contributed by atoms with Gasteiger partial charge in [0.05, 0.1) is 0 Å². The molecule has 0 radical (unpaired) electrons. The molecule has 0 bridgehead atoms. The largest absolute Gasteiger partial charge is 0.301 e. The summed E-state index contributed by atoms with van der Waals surface area (Å²) in [4.78, 5) is 2.66. The van der Waals surface area contributed by atoms with Gasteiger partial charge >= 0.3 is 0 Å². The maximum Gasteiger partial charge on any atom is 0.0147 e. The average Bonchev–Trinajstić information content (AvgIpc) is 2.67. The van der Waals surface area contributed by atoms with Gasteiger partial charge in [-0.2, -0.15) is 11.8 Å². The molecule has 1 aliphatic heterocycles. The van der Waals surface area contributed by atoms with E-state index in [9.17, 15) is 0 Å². The molecule has 0 aromatic carbocycles. The number of hydrogen-bond donors (Lipinski definition) is 0. The molecule has 2 fully saturated rings. The molecule has 0 amide bonds. The SMILES string of the molecule is CC1CN(CC2(C)CC2)CCS1. The van der Waals surface area contributed by atoms with Gasteiger partial charge in [0.15, 0.2) is 0 Å². The first-order chi connectivity index (χ1) is 5.68. The van der Waals surface area contributed by atoms with Crippen LogP contribution < -0.4 is 0 Å². The van der Waals surface area contributed by atoms with Gasteiger partial charge in [-0.3, -0.25) is 0 Å². The van der Waals surface area contributed by atoms with Gasteiger partial charge in [0.2, 0.25) is 0 Å². The van der Waals surface area contributed by atoms with Gasteiger partial charge in [0.1, 0.15) is 0 Å². The predicted molar refractivity (Wildman–Crippen MR) is 55.7 cm³/mol. The number of hydrogen-bond acceptors (Lipinski definition) is 2. The van der Waals surface area contributed by atoms with Crippen LogP contribution in [0.25, 0.3) is 0 Å². The second-order valence-corrected chi connectivity index (χ2v) is 6.27. The van der Waals surface area contributed by atoms with E-state index in [1.165, 1.54) is 38.2 Å². The van der Waals surface area contributed by atoms with Gasteiger partial charge in [0.25, 0.3) is 0 Å². The lowest BCUT2D eigenvalue weighted by atomic mass is 10.1. The molecule has 1 nitrogen and oxygen atoms in total. The molecular formula is C10H19NS. The molecule has 12 heavy (non-hydrogen) atoms.